The summed E-state index contributed by atoms with van der Waals surface area (Å²) in [6, 6.07) is 38.1. The Balaban J connectivity index is 1.44. The van der Waals surface area contributed by atoms with E-state index in [9.17, 15) is 0 Å². The highest BCUT2D eigenvalue weighted by Gasteiger charge is 2.22. The lowest BCUT2D eigenvalue weighted by atomic mass is 10.0. The SMILES string of the molecule is Clc1ccc(-c2c3nc(c4c5nc(c(-c6ccc(Cl)cc6)c6ccc([nH]6)c(-c6ccc(Cl)cc6)c6ccc2[nH]6)=CC5=c2cc(Cl)ccc2=4)C=C3)cc1. The molecule has 0 amide bonds. The Morgan fingerprint density at radius 3 is 1.50 bits per heavy atom. The van der Waals surface area contributed by atoms with Crippen LogP contribution in [0.3, 0.4) is 0 Å². The molecular formula is C44H24Cl4N4. The normalized spacial score (nSPS) is 12.7. The van der Waals surface area contributed by atoms with Gasteiger partial charge in [0.25, 0.3) is 0 Å². The van der Waals surface area contributed by atoms with Crippen LogP contribution in [0.5, 0.6) is 0 Å². The van der Waals surface area contributed by atoms with Crippen molar-refractivity contribution >= 4 is 92.3 Å². The molecule has 52 heavy (non-hydrogen) atoms. The minimum Gasteiger partial charge on any atom is -0.354 e. The molecule has 0 saturated carbocycles. The van der Waals surface area contributed by atoms with E-state index in [-0.39, 0.29) is 0 Å². The lowest BCUT2D eigenvalue weighted by Crippen LogP contribution is -2.07. The van der Waals surface area contributed by atoms with Crippen molar-refractivity contribution < 1.29 is 0 Å². The lowest BCUT2D eigenvalue weighted by Gasteiger charge is -2.06. The first kappa shape index (κ1) is 31.4. The smallest absolute Gasteiger partial charge is 0.0816 e. The minimum atomic E-state index is 0.661. The molecule has 3 aliphatic rings. The Hall–Kier alpha value is -5.36. The van der Waals surface area contributed by atoms with Crippen LogP contribution < -0.4 is 10.6 Å². The van der Waals surface area contributed by atoms with Gasteiger partial charge in [0.1, 0.15) is 0 Å². The third-order valence-corrected chi connectivity index (χ3v) is 10.8. The fraction of sp³-hybridized carbons (Fsp3) is 0. The van der Waals surface area contributed by atoms with E-state index in [2.05, 4.69) is 58.5 Å². The van der Waals surface area contributed by atoms with Crippen LogP contribution in [0.4, 0.5) is 0 Å². The molecule has 8 bridgehead atoms. The third-order valence-electron chi connectivity index (χ3n) is 9.80. The summed E-state index contributed by atoms with van der Waals surface area (Å²) >= 11 is 25.8. The van der Waals surface area contributed by atoms with Gasteiger partial charge in [-0.3, -0.25) is 0 Å². The van der Waals surface area contributed by atoms with Crippen molar-refractivity contribution in [1.29, 1.82) is 0 Å². The predicted molar refractivity (Wildman–Crippen MR) is 217 cm³/mol. The van der Waals surface area contributed by atoms with E-state index in [0.29, 0.717) is 20.1 Å². The molecule has 5 heterocycles. The van der Waals surface area contributed by atoms with Gasteiger partial charge in [-0.15, -0.1) is 0 Å². The minimum absolute atomic E-state index is 0.661. The number of H-pyrrole nitrogens is 2. The molecule has 4 aromatic carbocycles. The summed E-state index contributed by atoms with van der Waals surface area (Å²) in [5.41, 5.74) is 13.1. The molecular weight excluding hydrogens is 726 g/mol. The van der Waals surface area contributed by atoms with Gasteiger partial charge in [-0.1, -0.05) is 88.9 Å². The fourth-order valence-corrected chi connectivity index (χ4v) is 8.04. The maximum Gasteiger partial charge on any atom is 0.0816 e. The standard InChI is InChI=1S/C44H24Cl4N4/c45-26-7-1-23(2-8-26)40-33-15-16-34(49-33)41(24-3-9-27(46)10-4-24)36-19-20-38(51-36)43-30-14-13-29(48)21-31(30)32-22-39(52-44(32)43)42(37-18-17-35(40)50-37)25-5-11-28(47)12-6-25/h1-22,49-50H. The second-order valence-electron chi connectivity index (χ2n) is 12.9. The quantitative estimate of drug-likeness (QED) is 0.189. The first-order valence-electron chi connectivity index (χ1n) is 16.7. The summed E-state index contributed by atoms with van der Waals surface area (Å²) in [4.78, 5) is 18.3. The molecule has 0 fully saturated rings. The Kier molecular flexibility index (Phi) is 7.31. The van der Waals surface area contributed by atoms with E-state index in [1.54, 1.807) is 0 Å². The topological polar surface area (TPSA) is 57.4 Å². The van der Waals surface area contributed by atoms with E-state index in [0.717, 1.165) is 99.1 Å². The molecule has 0 radical (unpaired) electrons. The summed E-state index contributed by atoms with van der Waals surface area (Å²) in [5.74, 6) is 0. The molecule has 3 aromatic heterocycles. The van der Waals surface area contributed by atoms with Crippen LogP contribution in [0.1, 0.15) is 17.1 Å². The van der Waals surface area contributed by atoms with Gasteiger partial charge in [-0.05, 0) is 118 Å². The van der Waals surface area contributed by atoms with Crippen LogP contribution in [-0.4, -0.2) is 19.9 Å². The van der Waals surface area contributed by atoms with E-state index >= 15 is 0 Å². The third kappa shape index (κ3) is 5.14. The second-order valence-corrected chi connectivity index (χ2v) is 14.6. The number of fused-ring (bicyclic) bond motifs is 9. The van der Waals surface area contributed by atoms with Crippen molar-refractivity contribution in [2.75, 3.05) is 0 Å². The summed E-state index contributed by atoms with van der Waals surface area (Å²) in [6.45, 7) is 0. The van der Waals surface area contributed by atoms with Crippen molar-refractivity contribution in [1.82, 2.24) is 19.9 Å². The van der Waals surface area contributed by atoms with Gasteiger partial charge in [0, 0.05) is 69.6 Å². The zero-order chi connectivity index (χ0) is 35.1. The monoisotopic (exact) mass is 748 g/mol. The number of aromatic nitrogens is 4. The van der Waals surface area contributed by atoms with Crippen LogP contribution >= 0.6 is 46.4 Å². The van der Waals surface area contributed by atoms with Gasteiger partial charge in [0.05, 0.1) is 22.4 Å². The van der Waals surface area contributed by atoms with E-state index in [1.165, 1.54) is 0 Å². The van der Waals surface area contributed by atoms with Gasteiger partial charge in [-0.2, -0.15) is 0 Å². The number of benzene rings is 4. The highest BCUT2D eigenvalue weighted by atomic mass is 35.5. The van der Waals surface area contributed by atoms with Gasteiger partial charge < -0.3 is 9.97 Å². The number of aromatic amines is 2. The summed E-state index contributed by atoms with van der Waals surface area (Å²) in [5, 5.41) is 6.52. The Morgan fingerprint density at radius 1 is 0.423 bits per heavy atom. The molecule has 0 spiro atoms. The highest BCUT2D eigenvalue weighted by molar-refractivity contribution is 6.31. The molecule has 1 aliphatic carbocycles. The van der Waals surface area contributed by atoms with Crippen molar-refractivity contribution in [2.45, 2.75) is 0 Å². The van der Waals surface area contributed by atoms with Crippen molar-refractivity contribution in [2.24, 2.45) is 0 Å². The van der Waals surface area contributed by atoms with Crippen molar-refractivity contribution in [3.8, 4) is 33.4 Å². The maximum atomic E-state index is 6.63. The fourth-order valence-electron chi connectivity index (χ4n) is 7.49. The largest absolute Gasteiger partial charge is 0.354 e. The molecule has 0 saturated heterocycles. The molecule has 8 heteroatoms. The van der Waals surface area contributed by atoms with E-state index in [1.807, 2.05) is 84.9 Å². The van der Waals surface area contributed by atoms with E-state index in [4.69, 9.17) is 56.4 Å². The van der Waals surface area contributed by atoms with Crippen LogP contribution in [0, 0.1) is 10.4 Å². The number of halogens is 4. The molecule has 248 valence electrons. The first-order chi connectivity index (χ1) is 25.4. The van der Waals surface area contributed by atoms with Gasteiger partial charge in [0.15, 0.2) is 0 Å². The molecule has 7 aromatic rings. The molecule has 2 aliphatic heterocycles. The van der Waals surface area contributed by atoms with Crippen LogP contribution in [0.2, 0.25) is 20.1 Å². The average Bonchev–Trinajstić information content (AvgIpc) is 3.99. The number of hydrogen-bond acceptors (Lipinski definition) is 2. The van der Waals surface area contributed by atoms with Crippen LogP contribution in [0.15, 0.2) is 115 Å². The zero-order valence-electron chi connectivity index (χ0n) is 27.1. The lowest BCUT2D eigenvalue weighted by molar-refractivity contribution is 1.22. The number of rotatable bonds is 3. The highest BCUT2D eigenvalue weighted by Crippen LogP contribution is 2.36. The molecule has 2 N–H and O–H groups in total. The van der Waals surface area contributed by atoms with Crippen molar-refractivity contribution in [3.63, 3.8) is 0 Å². The average molecular weight is 751 g/mol. The molecule has 0 unspecified atom stereocenters. The van der Waals surface area contributed by atoms with Gasteiger partial charge in [0.2, 0.25) is 0 Å². The second kappa shape index (κ2) is 12.1. The molecule has 4 nitrogen and oxygen atoms in total. The Labute approximate surface area is 317 Å². The molecule has 10 rings (SSSR count). The summed E-state index contributed by atoms with van der Waals surface area (Å²) in [7, 11) is 0. The Bertz CT molecular complexity index is 3090. The van der Waals surface area contributed by atoms with Gasteiger partial charge >= 0.3 is 0 Å². The Morgan fingerprint density at radius 2 is 0.904 bits per heavy atom. The van der Waals surface area contributed by atoms with E-state index < -0.39 is 0 Å². The predicted octanol–water partition coefficient (Wildman–Crippen LogP) is 11.4. The molecule has 0 atom stereocenters. The first-order valence-corrected chi connectivity index (χ1v) is 18.2. The summed E-state index contributed by atoms with van der Waals surface area (Å²) < 4.78 is 0. The number of nitrogens with zero attached hydrogens (tertiary/aromatic N) is 2. The van der Waals surface area contributed by atoms with Gasteiger partial charge in [-0.25, -0.2) is 9.97 Å². The zero-order valence-corrected chi connectivity index (χ0v) is 30.1. The van der Waals surface area contributed by atoms with Crippen LogP contribution in [-0.2, 0) is 0 Å². The maximum absolute atomic E-state index is 6.63. The summed E-state index contributed by atoms with van der Waals surface area (Å²) in [6.07, 6.45) is 6.32. The van der Waals surface area contributed by atoms with Crippen LogP contribution in [0.25, 0.3) is 79.2 Å². The van der Waals surface area contributed by atoms with Crippen molar-refractivity contribution in [3.05, 3.63) is 173 Å². The number of hydrogen-bond donors (Lipinski definition) is 2. The number of nitrogens with one attached hydrogen (secondary N) is 2.